The largest absolute Gasteiger partial charge is 0.309 e. The van der Waals surface area contributed by atoms with Crippen molar-refractivity contribution in [2.75, 3.05) is 4.90 Å². The van der Waals surface area contributed by atoms with Gasteiger partial charge in [0.2, 0.25) is 0 Å². The van der Waals surface area contributed by atoms with Crippen molar-refractivity contribution in [1.82, 2.24) is 0 Å². The van der Waals surface area contributed by atoms with Crippen LogP contribution in [-0.2, 0) is 0 Å². The van der Waals surface area contributed by atoms with Gasteiger partial charge in [0.05, 0.1) is 11.4 Å². The summed E-state index contributed by atoms with van der Waals surface area (Å²) < 4.78 is 0. The Morgan fingerprint density at radius 2 is 0.565 bits per heavy atom. The van der Waals surface area contributed by atoms with Crippen molar-refractivity contribution in [3.8, 4) is 77.9 Å². The molecule has 0 spiro atoms. The number of hydrogen-bond acceptors (Lipinski definition) is 1. The maximum atomic E-state index is 2.47. The zero-order chi connectivity index (χ0) is 45.9. The third-order valence-electron chi connectivity index (χ3n) is 13.5. The summed E-state index contributed by atoms with van der Waals surface area (Å²) in [7, 11) is 0. The summed E-state index contributed by atoms with van der Waals surface area (Å²) in [4.78, 5) is 2.47. The predicted molar refractivity (Wildman–Crippen MR) is 294 cm³/mol. The molecule has 0 aromatic heterocycles. The minimum Gasteiger partial charge on any atom is -0.309 e. The average Bonchev–Trinajstić information content (AvgIpc) is 3.44. The number of nitrogens with zero attached hydrogens (tertiary/aromatic N) is 1. The molecule has 12 aromatic carbocycles. The van der Waals surface area contributed by atoms with Gasteiger partial charge >= 0.3 is 0 Å². The van der Waals surface area contributed by atoms with Crippen LogP contribution in [0.3, 0.4) is 0 Å². The number of anilines is 3. The van der Waals surface area contributed by atoms with E-state index in [2.05, 4.69) is 290 Å². The van der Waals surface area contributed by atoms with Gasteiger partial charge in [0.15, 0.2) is 0 Å². The Bertz CT molecular complexity index is 3590. The molecule has 1 nitrogen and oxygen atoms in total. The number of rotatable bonds is 10. The van der Waals surface area contributed by atoms with E-state index in [1.165, 1.54) is 71.6 Å². The van der Waals surface area contributed by atoms with Crippen LogP contribution >= 0.6 is 0 Å². The van der Waals surface area contributed by atoms with E-state index in [0.717, 1.165) is 44.9 Å². The number of hydrogen-bond donors (Lipinski definition) is 0. The number of fused-ring (bicyclic) bond motifs is 3. The van der Waals surface area contributed by atoms with Crippen LogP contribution in [0.4, 0.5) is 17.1 Å². The van der Waals surface area contributed by atoms with Crippen molar-refractivity contribution in [3.63, 3.8) is 0 Å². The van der Waals surface area contributed by atoms with Gasteiger partial charge < -0.3 is 4.90 Å². The van der Waals surface area contributed by atoms with Crippen molar-refractivity contribution in [1.29, 1.82) is 0 Å². The first-order valence-corrected chi connectivity index (χ1v) is 23.8. The summed E-state index contributed by atoms with van der Waals surface area (Å²) in [5, 5.41) is 4.98. The Morgan fingerprint density at radius 1 is 0.203 bits per heavy atom. The lowest BCUT2D eigenvalue weighted by atomic mass is 9.82. The molecule has 12 aromatic rings. The molecule has 0 radical (unpaired) electrons. The Balaban J connectivity index is 1.11. The zero-order valence-electron chi connectivity index (χ0n) is 38.1. The fourth-order valence-corrected chi connectivity index (χ4v) is 10.3. The molecule has 0 atom stereocenters. The Hall–Kier alpha value is -9.04. The second kappa shape index (κ2) is 18.3. The molecule has 0 heterocycles. The normalized spacial score (nSPS) is 11.2. The van der Waals surface area contributed by atoms with Crippen LogP contribution in [0, 0.1) is 0 Å². The molecule has 0 saturated carbocycles. The van der Waals surface area contributed by atoms with E-state index >= 15 is 0 Å². The highest BCUT2D eigenvalue weighted by molar-refractivity contribution is 6.25. The van der Waals surface area contributed by atoms with Gasteiger partial charge in [-0.15, -0.1) is 0 Å². The molecule has 0 aliphatic carbocycles. The second-order valence-electron chi connectivity index (χ2n) is 17.6. The van der Waals surface area contributed by atoms with Gasteiger partial charge in [-0.25, -0.2) is 0 Å². The summed E-state index contributed by atoms with van der Waals surface area (Å²) >= 11 is 0. The fourth-order valence-electron chi connectivity index (χ4n) is 10.3. The predicted octanol–water partition coefficient (Wildman–Crippen LogP) is 19.1. The Kier molecular flexibility index (Phi) is 11.0. The minimum absolute atomic E-state index is 1.06. The third kappa shape index (κ3) is 7.86. The maximum absolute atomic E-state index is 2.47. The number of benzene rings is 12. The smallest absolute Gasteiger partial charge is 0.0540 e. The molecule has 0 amide bonds. The van der Waals surface area contributed by atoms with E-state index in [0.29, 0.717) is 0 Å². The highest BCUT2D eigenvalue weighted by Gasteiger charge is 2.24. The highest BCUT2D eigenvalue weighted by atomic mass is 15.1. The van der Waals surface area contributed by atoms with Crippen LogP contribution in [-0.4, -0.2) is 0 Å². The molecule has 324 valence electrons. The first kappa shape index (κ1) is 41.4. The van der Waals surface area contributed by atoms with Crippen molar-refractivity contribution in [3.05, 3.63) is 285 Å². The van der Waals surface area contributed by atoms with E-state index in [1.807, 2.05) is 0 Å². The molecule has 69 heavy (non-hydrogen) atoms. The van der Waals surface area contributed by atoms with E-state index in [-0.39, 0.29) is 0 Å². The molecule has 0 aliphatic rings. The van der Waals surface area contributed by atoms with Gasteiger partial charge in [-0.2, -0.15) is 0 Å². The summed E-state index contributed by atoms with van der Waals surface area (Å²) in [5.74, 6) is 0. The molecule has 0 bridgehead atoms. The molecule has 0 unspecified atom stereocenters. The van der Waals surface area contributed by atoms with Crippen LogP contribution < -0.4 is 4.90 Å². The van der Waals surface area contributed by atoms with Crippen molar-refractivity contribution < 1.29 is 0 Å². The van der Waals surface area contributed by atoms with Gasteiger partial charge in [0, 0.05) is 16.8 Å². The Labute approximate surface area is 404 Å². The van der Waals surface area contributed by atoms with Gasteiger partial charge in [0.25, 0.3) is 0 Å². The van der Waals surface area contributed by atoms with E-state index in [1.54, 1.807) is 0 Å². The van der Waals surface area contributed by atoms with Crippen LogP contribution in [0.5, 0.6) is 0 Å². The molecule has 0 aliphatic heterocycles. The quantitative estimate of drug-likeness (QED) is 0.124. The maximum Gasteiger partial charge on any atom is 0.0540 e. The first-order chi connectivity index (χ1) is 34.3. The summed E-state index contributed by atoms with van der Waals surface area (Å²) in [6.07, 6.45) is 0. The van der Waals surface area contributed by atoms with Crippen LogP contribution in [0.15, 0.2) is 285 Å². The SMILES string of the molecule is c1ccc(-c2ccc(N(c3ccc(-c4cccc5c4c(-c4ccccc4)c(-c4ccccc4)c4ccccc45)cc3)c3ccc(-c4ccccc4)cc3-c3ccccc3)c(-c3ccccc3)c2)cc1. The van der Waals surface area contributed by atoms with Crippen LogP contribution in [0.25, 0.3) is 99.4 Å². The molecular weight excluding hydrogens is 831 g/mol. The van der Waals surface area contributed by atoms with Gasteiger partial charge in [-0.05, 0) is 125 Å². The molecule has 1 heteroatoms. The lowest BCUT2D eigenvalue weighted by molar-refractivity contribution is 1.28. The third-order valence-corrected chi connectivity index (χ3v) is 13.5. The standard InChI is InChI=1S/C68H47N/c1-7-22-48(23-8-1)55-40-44-64(62(46-55)50-26-11-3-12-27-50)69(65-45-41-56(49-24-9-2-10-25-49)47-63(65)51-28-13-4-14-29-51)57-42-38-52(39-43-57)58-36-21-37-61-59-34-19-20-35-60(59)66(53-30-15-5-16-31-53)67(68(58)61)54-32-17-6-18-33-54/h1-47H. The minimum atomic E-state index is 1.06. The van der Waals surface area contributed by atoms with Gasteiger partial charge in [0.1, 0.15) is 0 Å². The van der Waals surface area contributed by atoms with Crippen LogP contribution in [0.2, 0.25) is 0 Å². The summed E-state index contributed by atoms with van der Waals surface area (Å²) in [6.45, 7) is 0. The lowest BCUT2D eigenvalue weighted by Gasteiger charge is -2.31. The monoisotopic (exact) mass is 877 g/mol. The van der Waals surface area contributed by atoms with Crippen molar-refractivity contribution in [2.24, 2.45) is 0 Å². The summed E-state index contributed by atoms with van der Waals surface area (Å²) in [6, 6.07) is 104. The van der Waals surface area contributed by atoms with Gasteiger partial charge in [-0.1, -0.05) is 249 Å². The highest BCUT2D eigenvalue weighted by Crippen LogP contribution is 2.50. The average molecular weight is 878 g/mol. The lowest BCUT2D eigenvalue weighted by Crippen LogP contribution is -2.13. The van der Waals surface area contributed by atoms with Crippen molar-refractivity contribution >= 4 is 38.6 Å². The molecule has 0 saturated heterocycles. The second-order valence-corrected chi connectivity index (χ2v) is 17.6. The molecule has 12 rings (SSSR count). The van der Waals surface area contributed by atoms with E-state index < -0.39 is 0 Å². The molecular formula is C68H47N. The molecule has 0 fully saturated rings. The van der Waals surface area contributed by atoms with Crippen LogP contribution in [0.1, 0.15) is 0 Å². The first-order valence-electron chi connectivity index (χ1n) is 23.8. The topological polar surface area (TPSA) is 3.24 Å². The van der Waals surface area contributed by atoms with E-state index in [4.69, 9.17) is 0 Å². The van der Waals surface area contributed by atoms with E-state index in [9.17, 15) is 0 Å². The zero-order valence-corrected chi connectivity index (χ0v) is 38.1. The Morgan fingerprint density at radius 3 is 1.04 bits per heavy atom. The van der Waals surface area contributed by atoms with Gasteiger partial charge in [-0.3, -0.25) is 0 Å². The fraction of sp³-hybridized carbons (Fsp3) is 0. The van der Waals surface area contributed by atoms with Crippen molar-refractivity contribution in [2.45, 2.75) is 0 Å². The summed E-state index contributed by atoms with van der Waals surface area (Å²) in [5.41, 5.74) is 19.8. The molecule has 0 N–H and O–H groups in total.